The van der Waals surface area contributed by atoms with Gasteiger partial charge >= 0.3 is 6.03 Å². The number of amides is 3. The van der Waals surface area contributed by atoms with Gasteiger partial charge in [0.15, 0.2) is 0 Å². The second-order valence-corrected chi connectivity index (χ2v) is 8.49. The molecule has 7 heteroatoms. The van der Waals surface area contributed by atoms with E-state index < -0.39 is 0 Å². The lowest BCUT2D eigenvalue weighted by molar-refractivity contribution is -0.138. The van der Waals surface area contributed by atoms with Crippen molar-refractivity contribution in [1.29, 1.82) is 0 Å². The molecule has 29 heavy (non-hydrogen) atoms. The largest absolute Gasteiger partial charge is 0.340 e. The Kier molecular flexibility index (Phi) is 7.11. The van der Waals surface area contributed by atoms with Crippen LogP contribution in [0.25, 0.3) is 0 Å². The Balaban J connectivity index is 1.44. The van der Waals surface area contributed by atoms with Crippen molar-refractivity contribution in [2.45, 2.75) is 51.6 Å². The lowest BCUT2D eigenvalue weighted by Gasteiger charge is -2.39. The number of rotatable bonds is 4. The fourth-order valence-electron chi connectivity index (χ4n) is 4.28. The van der Waals surface area contributed by atoms with E-state index in [4.69, 9.17) is 0 Å². The summed E-state index contributed by atoms with van der Waals surface area (Å²) in [6, 6.07) is 6.33. The quantitative estimate of drug-likeness (QED) is 0.839. The summed E-state index contributed by atoms with van der Waals surface area (Å²) in [6.07, 6.45) is 3.20. The van der Waals surface area contributed by atoms with Gasteiger partial charge in [-0.05, 0) is 57.7 Å². The van der Waals surface area contributed by atoms with E-state index >= 15 is 0 Å². The van der Waals surface area contributed by atoms with Crippen LogP contribution in [-0.4, -0.2) is 67.0 Å². The van der Waals surface area contributed by atoms with E-state index in [1.54, 1.807) is 19.2 Å². The highest BCUT2D eigenvalue weighted by Crippen LogP contribution is 2.27. The van der Waals surface area contributed by atoms with Crippen LogP contribution < -0.4 is 10.2 Å². The molecular formula is C22H33FN4O2. The Labute approximate surface area is 173 Å². The molecule has 0 atom stereocenters. The van der Waals surface area contributed by atoms with Crippen molar-refractivity contribution in [2.75, 3.05) is 38.1 Å². The van der Waals surface area contributed by atoms with Crippen LogP contribution in [0, 0.1) is 11.7 Å². The van der Waals surface area contributed by atoms with Crippen LogP contribution in [0.4, 0.5) is 14.9 Å². The Morgan fingerprint density at radius 2 is 1.76 bits per heavy atom. The predicted octanol–water partition coefficient (Wildman–Crippen LogP) is 3.08. The smallest absolute Gasteiger partial charge is 0.321 e. The molecular weight excluding hydrogens is 371 g/mol. The maximum Gasteiger partial charge on any atom is 0.321 e. The fraction of sp³-hybridized carbons (Fsp3) is 0.636. The highest BCUT2D eigenvalue weighted by atomic mass is 19.1. The molecule has 0 aromatic heterocycles. The number of hydrogen-bond acceptors (Lipinski definition) is 3. The first-order valence-corrected chi connectivity index (χ1v) is 10.7. The van der Waals surface area contributed by atoms with Crippen molar-refractivity contribution >= 4 is 17.6 Å². The maximum atomic E-state index is 13.4. The molecule has 0 bridgehead atoms. The highest BCUT2D eigenvalue weighted by molar-refractivity contribution is 5.91. The number of nitrogens with zero attached hydrogens (tertiary/aromatic N) is 3. The number of benzene rings is 1. The first kappa shape index (κ1) is 21.6. The van der Waals surface area contributed by atoms with Crippen molar-refractivity contribution in [1.82, 2.24) is 15.1 Å². The maximum absolute atomic E-state index is 13.4. The molecule has 6 nitrogen and oxygen atoms in total. The zero-order chi connectivity index (χ0) is 21.0. The molecule has 2 aliphatic rings. The summed E-state index contributed by atoms with van der Waals surface area (Å²) in [4.78, 5) is 31.2. The van der Waals surface area contributed by atoms with Crippen LogP contribution in [0.3, 0.4) is 0 Å². The molecule has 1 aliphatic carbocycles. The minimum absolute atomic E-state index is 0.0559. The van der Waals surface area contributed by atoms with E-state index in [-0.39, 0.29) is 29.7 Å². The van der Waals surface area contributed by atoms with E-state index in [0.29, 0.717) is 11.7 Å². The molecule has 1 saturated heterocycles. The molecule has 1 N–H and O–H groups in total. The zero-order valence-electron chi connectivity index (χ0n) is 17.7. The molecule has 160 valence electrons. The molecule has 1 saturated carbocycles. The van der Waals surface area contributed by atoms with Gasteiger partial charge in [0.1, 0.15) is 5.82 Å². The third kappa shape index (κ3) is 5.47. The van der Waals surface area contributed by atoms with Gasteiger partial charge in [-0.25, -0.2) is 9.18 Å². The van der Waals surface area contributed by atoms with Crippen molar-refractivity contribution in [3.63, 3.8) is 0 Å². The van der Waals surface area contributed by atoms with E-state index in [2.05, 4.69) is 24.1 Å². The molecule has 3 amide bonds. The van der Waals surface area contributed by atoms with E-state index in [1.165, 1.54) is 17.0 Å². The van der Waals surface area contributed by atoms with Gasteiger partial charge in [0, 0.05) is 56.9 Å². The molecule has 0 unspecified atom stereocenters. The van der Waals surface area contributed by atoms with Gasteiger partial charge in [0.25, 0.3) is 0 Å². The number of halogens is 1. The summed E-state index contributed by atoms with van der Waals surface area (Å²) in [5.74, 6) is -0.0276. The minimum atomic E-state index is -0.365. The number of hydrogen-bond donors (Lipinski definition) is 1. The van der Waals surface area contributed by atoms with Crippen LogP contribution >= 0.6 is 0 Å². The normalized spacial score (nSPS) is 23.1. The first-order valence-electron chi connectivity index (χ1n) is 10.7. The summed E-state index contributed by atoms with van der Waals surface area (Å²) in [7, 11) is 1.63. The summed E-state index contributed by atoms with van der Waals surface area (Å²) < 4.78 is 13.4. The summed E-state index contributed by atoms with van der Waals surface area (Å²) in [5.41, 5.74) is 0.520. The van der Waals surface area contributed by atoms with Gasteiger partial charge in [-0.1, -0.05) is 6.07 Å². The van der Waals surface area contributed by atoms with Crippen LogP contribution in [0.1, 0.15) is 39.5 Å². The van der Waals surface area contributed by atoms with Crippen LogP contribution in [0.15, 0.2) is 24.3 Å². The van der Waals surface area contributed by atoms with Gasteiger partial charge in [0.2, 0.25) is 5.91 Å². The number of carbonyl (C=O) groups is 2. The van der Waals surface area contributed by atoms with Crippen molar-refractivity contribution in [3.8, 4) is 0 Å². The first-order chi connectivity index (χ1) is 13.8. The van der Waals surface area contributed by atoms with Gasteiger partial charge < -0.3 is 10.2 Å². The number of carbonyl (C=O) groups excluding carboxylic acids is 2. The highest BCUT2D eigenvalue weighted by Gasteiger charge is 2.32. The lowest BCUT2D eigenvalue weighted by atomic mass is 9.85. The van der Waals surface area contributed by atoms with Crippen LogP contribution in [-0.2, 0) is 4.79 Å². The molecule has 0 spiro atoms. The van der Waals surface area contributed by atoms with E-state index in [1.807, 2.05) is 4.90 Å². The SMILES string of the molecule is CC(C)N1CCN(C(=O)[C@H]2CC[C@H](NC(=O)N(C)c3cccc(F)c3)CC2)CC1. The Morgan fingerprint density at radius 1 is 1.10 bits per heavy atom. The number of urea groups is 1. The fourth-order valence-corrected chi connectivity index (χ4v) is 4.28. The van der Waals surface area contributed by atoms with Gasteiger partial charge in [-0.2, -0.15) is 0 Å². The standard InChI is InChI=1S/C22H33FN4O2/c1-16(2)26-11-13-27(14-12-26)21(28)17-7-9-19(10-8-17)24-22(29)25(3)20-6-4-5-18(23)15-20/h4-6,15-17,19H,7-14H2,1-3H3,(H,24,29)/t17-,19-. The average Bonchev–Trinajstić information content (AvgIpc) is 2.73. The summed E-state index contributed by atoms with van der Waals surface area (Å²) in [6.45, 7) is 7.90. The van der Waals surface area contributed by atoms with Crippen molar-refractivity contribution in [2.24, 2.45) is 5.92 Å². The molecule has 0 radical (unpaired) electrons. The lowest BCUT2D eigenvalue weighted by Crippen LogP contribution is -2.52. The number of piperazine rings is 1. The van der Waals surface area contributed by atoms with E-state index in [0.717, 1.165) is 51.9 Å². The molecule has 1 aliphatic heterocycles. The van der Waals surface area contributed by atoms with Crippen molar-refractivity contribution in [3.05, 3.63) is 30.1 Å². The summed E-state index contributed by atoms with van der Waals surface area (Å²) >= 11 is 0. The third-order valence-electron chi connectivity index (χ3n) is 6.26. The molecule has 1 aromatic carbocycles. The number of anilines is 1. The van der Waals surface area contributed by atoms with Gasteiger partial charge in [-0.15, -0.1) is 0 Å². The average molecular weight is 405 g/mol. The molecule has 1 aromatic rings. The van der Waals surface area contributed by atoms with Crippen LogP contribution in [0.2, 0.25) is 0 Å². The summed E-state index contributed by atoms with van der Waals surface area (Å²) in [5, 5.41) is 3.03. The predicted molar refractivity (Wildman–Crippen MR) is 112 cm³/mol. The van der Waals surface area contributed by atoms with E-state index in [9.17, 15) is 14.0 Å². The second kappa shape index (κ2) is 9.57. The van der Waals surface area contributed by atoms with Crippen molar-refractivity contribution < 1.29 is 14.0 Å². The second-order valence-electron chi connectivity index (χ2n) is 8.49. The van der Waals surface area contributed by atoms with Gasteiger partial charge in [-0.3, -0.25) is 14.6 Å². The monoisotopic (exact) mass is 404 g/mol. The molecule has 1 heterocycles. The Morgan fingerprint density at radius 3 is 2.34 bits per heavy atom. The van der Waals surface area contributed by atoms with Crippen LogP contribution in [0.5, 0.6) is 0 Å². The third-order valence-corrected chi connectivity index (χ3v) is 6.26. The Hall–Kier alpha value is -2.15. The molecule has 2 fully saturated rings. The molecule has 3 rings (SSSR count). The Bertz CT molecular complexity index is 711. The van der Waals surface area contributed by atoms with Gasteiger partial charge in [0.05, 0.1) is 0 Å². The number of nitrogens with one attached hydrogen (secondary N) is 1. The minimum Gasteiger partial charge on any atom is -0.340 e. The zero-order valence-corrected chi connectivity index (χ0v) is 17.7. The topological polar surface area (TPSA) is 55.9 Å².